The zero-order valence-corrected chi connectivity index (χ0v) is 17.5. The van der Waals surface area contributed by atoms with Gasteiger partial charge in [0.2, 0.25) is 0 Å². The van der Waals surface area contributed by atoms with E-state index in [0.29, 0.717) is 50.8 Å². The van der Waals surface area contributed by atoms with Gasteiger partial charge in [-0.2, -0.15) is 0 Å². The molecule has 6 nitrogen and oxygen atoms in total. The Kier molecular flexibility index (Phi) is 6.23. The number of Topliss-reactive ketones (excluding diaryl/α,β-unsaturated/α-hetero) is 1. The first-order valence-electron chi connectivity index (χ1n) is 11.2. The third kappa shape index (κ3) is 4.59. The molecule has 0 spiro atoms. The molecular weight excluding hydrogens is 382 g/mol. The van der Waals surface area contributed by atoms with Gasteiger partial charge in [0, 0.05) is 25.1 Å². The zero-order valence-electron chi connectivity index (χ0n) is 17.5. The van der Waals surface area contributed by atoms with Crippen LogP contribution < -0.4 is 0 Å². The highest BCUT2D eigenvalue weighted by Gasteiger charge is 2.47. The van der Waals surface area contributed by atoms with Gasteiger partial charge in [0.05, 0.1) is 6.10 Å². The van der Waals surface area contributed by atoms with E-state index in [2.05, 4.69) is 0 Å². The lowest BCUT2D eigenvalue weighted by Crippen LogP contribution is -2.48. The quantitative estimate of drug-likeness (QED) is 0.592. The summed E-state index contributed by atoms with van der Waals surface area (Å²) in [7, 11) is 0. The van der Waals surface area contributed by atoms with E-state index >= 15 is 0 Å². The number of ketones is 1. The third-order valence-electron chi connectivity index (χ3n) is 7.04. The van der Waals surface area contributed by atoms with Gasteiger partial charge in [-0.25, -0.2) is 0 Å². The van der Waals surface area contributed by atoms with Crippen LogP contribution in [0.2, 0.25) is 0 Å². The Morgan fingerprint density at radius 1 is 1.07 bits per heavy atom. The Bertz CT molecular complexity index is 772. The summed E-state index contributed by atoms with van der Waals surface area (Å²) in [5.74, 6) is -0.125. The third-order valence-corrected chi connectivity index (χ3v) is 7.04. The Morgan fingerprint density at radius 3 is 2.37 bits per heavy atom. The average molecular weight is 414 g/mol. The maximum atomic E-state index is 12.7. The largest absolute Gasteiger partial charge is 0.458 e. The van der Waals surface area contributed by atoms with E-state index in [1.807, 2.05) is 24.3 Å². The monoisotopic (exact) mass is 413 g/mol. The number of aliphatic hydroxyl groups excluding tert-OH is 1. The molecule has 0 bridgehead atoms. The van der Waals surface area contributed by atoms with Crippen LogP contribution in [-0.2, 0) is 20.7 Å². The summed E-state index contributed by atoms with van der Waals surface area (Å²) in [6.45, 7) is 1.18. The smallest absolute Gasteiger partial charge is 0.313 e. The lowest BCUT2D eigenvalue weighted by molar-refractivity contribution is -0.178. The fraction of sp³-hybridized carbons (Fsp3) is 0.625. The summed E-state index contributed by atoms with van der Waals surface area (Å²) in [5, 5.41) is 9.62. The fourth-order valence-corrected chi connectivity index (χ4v) is 5.30. The number of aliphatic hydroxyl groups is 1. The lowest BCUT2D eigenvalue weighted by Gasteiger charge is -2.41. The van der Waals surface area contributed by atoms with Crippen LogP contribution in [0.3, 0.4) is 0 Å². The normalized spacial score (nSPS) is 26.1. The van der Waals surface area contributed by atoms with E-state index < -0.39 is 5.60 Å². The molecule has 3 fully saturated rings. The van der Waals surface area contributed by atoms with Crippen LogP contribution in [0.25, 0.3) is 0 Å². The second-order valence-corrected chi connectivity index (χ2v) is 9.13. The molecule has 162 valence electrons. The van der Waals surface area contributed by atoms with Gasteiger partial charge < -0.3 is 14.7 Å². The molecule has 1 aromatic carbocycles. The number of carbonyl (C=O) groups excluding carboxylic acids is 3. The summed E-state index contributed by atoms with van der Waals surface area (Å²) in [6, 6.07) is 7.62. The predicted octanol–water partition coefficient (Wildman–Crippen LogP) is 3.05. The molecule has 1 saturated carbocycles. The van der Waals surface area contributed by atoms with E-state index in [4.69, 9.17) is 4.74 Å². The number of hydrogen-bond donors (Lipinski definition) is 1. The number of piperidine rings is 1. The van der Waals surface area contributed by atoms with Crippen molar-refractivity contribution in [3.05, 3.63) is 35.4 Å². The van der Waals surface area contributed by atoms with Crippen molar-refractivity contribution in [3.8, 4) is 0 Å². The molecule has 2 aliphatic heterocycles. The summed E-state index contributed by atoms with van der Waals surface area (Å²) >= 11 is 0. The molecule has 1 aliphatic carbocycles. The second kappa shape index (κ2) is 8.88. The van der Waals surface area contributed by atoms with E-state index in [-0.39, 0.29) is 36.1 Å². The molecule has 1 N–H and O–H groups in total. The van der Waals surface area contributed by atoms with E-state index in [1.54, 1.807) is 4.90 Å². The van der Waals surface area contributed by atoms with Crippen LogP contribution in [0.1, 0.15) is 73.7 Å². The van der Waals surface area contributed by atoms with Crippen LogP contribution in [-0.4, -0.2) is 52.5 Å². The second-order valence-electron chi connectivity index (χ2n) is 9.13. The molecule has 0 radical (unpaired) electrons. The zero-order chi connectivity index (χ0) is 21.1. The van der Waals surface area contributed by atoms with E-state index in [1.165, 1.54) is 0 Å². The number of nitrogens with zero attached hydrogens (tertiary/aromatic N) is 1. The average Bonchev–Trinajstić information content (AvgIpc) is 3.28. The molecule has 30 heavy (non-hydrogen) atoms. The van der Waals surface area contributed by atoms with Gasteiger partial charge in [-0.05, 0) is 62.1 Å². The van der Waals surface area contributed by atoms with Crippen LogP contribution in [0.5, 0.6) is 0 Å². The summed E-state index contributed by atoms with van der Waals surface area (Å²) in [6.07, 6.45) is 6.83. The van der Waals surface area contributed by atoms with Crippen molar-refractivity contribution in [1.29, 1.82) is 0 Å². The van der Waals surface area contributed by atoms with Gasteiger partial charge in [0.15, 0.2) is 0 Å². The highest BCUT2D eigenvalue weighted by atomic mass is 16.6. The molecule has 3 aliphatic rings. The fourth-order valence-electron chi connectivity index (χ4n) is 5.30. The molecule has 1 unspecified atom stereocenters. The summed E-state index contributed by atoms with van der Waals surface area (Å²) in [4.78, 5) is 38.7. The first kappa shape index (κ1) is 21.0. The molecule has 1 atom stereocenters. The van der Waals surface area contributed by atoms with E-state index in [9.17, 15) is 19.5 Å². The number of amides is 1. The van der Waals surface area contributed by atoms with Crippen molar-refractivity contribution < 1.29 is 24.2 Å². The Morgan fingerprint density at radius 2 is 1.73 bits per heavy atom. The van der Waals surface area contributed by atoms with Crippen LogP contribution >= 0.6 is 0 Å². The van der Waals surface area contributed by atoms with Gasteiger partial charge in [0.1, 0.15) is 17.8 Å². The SMILES string of the molecule is O=C1CC(=O)OC(CCc2ccc(C(=O)N3CCC(O)CC3)cc2)(C2CCCC2)C1. The number of cyclic esters (lactones) is 1. The van der Waals surface area contributed by atoms with E-state index in [0.717, 1.165) is 31.2 Å². The molecule has 0 aromatic heterocycles. The van der Waals surface area contributed by atoms with Crippen molar-refractivity contribution in [2.45, 2.75) is 75.9 Å². The molecule has 1 aromatic rings. The minimum Gasteiger partial charge on any atom is -0.458 e. The molecule has 6 heteroatoms. The summed E-state index contributed by atoms with van der Waals surface area (Å²) < 4.78 is 5.86. The maximum Gasteiger partial charge on any atom is 0.313 e. The van der Waals surface area contributed by atoms with Crippen molar-refractivity contribution >= 4 is 17.7 Å². The predicted molar refractivity (Wildman–Crippen MR) is 111 cm³/mol. The number of carbonyl (C=O) groups is 3. The highest BCUT2D eigenvalue weighted by molar-refractivity contribution is 5.98. The van der Waals surface area contributed by atoms with Gasteiger partial charge in [0.25, 0.3) is 5.91 Å². The molecule has 2 heterocycles. The number of ether oxygens (including phenoxy) is 1. The van der Waals surface area contributed by atoms with Crippen molar-refractivity contribution in [2.75, 3.05) is 13.1 Å². The van der Waals surface area contributed by atoms with Crippen LogP contribution in [0.4, 0.5) is 0 Å². The van der Waals surface area contributed by atoms with Gasteiger partial charge in [-0.1, -0.05) is 25.0 Å². The number of hydrogen-bond acceptors (Lipinski definition) is 5. The first-order chi connectivity index (χ1) is 14.4. The lowest BCUT2D eigenvalue weighted by atomic mass is 9.76. The molecule has 2 saturated heterocycles. The van der Waals surface area contributed by atoms with Gasteiger partial charge >= 0.3 is 5.97 Å². The van der Waals surface area contributed by atoms with Crippen molar-refractivity contribution in [3.63, 3.8) is 0 Å². The minimum absolute atomic E-state index is 0.00248. The maximum absolute atomic E-state index is 12.7. The number of rotatable bonds is 5. The Hall–Kier alpha value is -2.21. The van der Waals surface area contributed by atoms with Crippen LogP contribution in [0, 0.1) is 5.92 Å². The van der Waals surface area contributed by atoms with Crippen LogP contribution in [0.15, 0.2) is 24.3 Å². The van der Waals surface area contributed by atoms with Crippen molar-refractivity contribution in [2.24, 2.45) is 5.92 Å². The highest BCUT2D eigenvalue weighted by Crippen LogP contribution is 2.43. The standard InChI is InChI=1S/C24H31NO5/c26-20-10-13-25(14-11-20)23(29)18-7-5-17(6-8-18)9-12-24(19-3-1-2-4-19)16-21(27)15-22(28)30-24/h5-8,19-20,26H,1-4,9-16H2. The minimum atomic E-state index is -0.661. The topological polar surface area (TPSA) is 83.9 Å². The van der Waals surface area contributed by atoms with Gasteiger partial charge in [-0.3, -0.25) is 14.4 Å². The first-order valence-corrected chi connectivity index (χ1v) is 11.2. The van der Waals surface area contributed by atoms with Crippen molar-refractivity contribution in [1.82, 2.24) is 4.90 Å². The number of likely N-dealkylation sites (tertiary alicyclic amines) is 1. The molecule has 4 rings (SSSR count). The summed E-state index contributed by atoms with van der Waals surface area (Å²) in [5.41, 5.74) is 1.07. The molecular formula is C24H31NO5. The number of benzene rings is 1. The Labute approximate surface area is 177 Å². The Balaban J connectivity index is 1.41. The number of aryl methyl sites for hydroxylation is 1. The molecule has 1 amide bonds. The number of esters is 1. The van der Waals surface area contributed by atoms with Gasteiger partial charge in [-0.15, -0.1) is 0 Å².